The second-order valence-corrected chi connectivity index (χ2v) is 6.00. The van der Waals surface area contributed by atoms with Gasteiger partial charge in [0.15, 0.2) is 0 Å². The molecule has 0 saturated heterocycles. The maximum Gasteiger partial charge on any atom is 0.220 e. The van der Waals surface area contributed by atoms with Crippen LogP contribution in [0.25, 0.3) is 0 Å². The Kier molecular flexibility index (Phi) is 4.12. The summed E-state index contributed by atoms with van der Waals surface area (Å²) in [5.41, 5.74) is 5.31. The van der Waals surface area contributed by atoms with Gasteiger partial charge in [-0.2, -0.15) is 0 Å². The van der Waals surface area contributed by atoms with E-state index in [1.165, 1.54) is 4.88 Å². The van der Waals surface area contributed by atoms with Crippen LogP contribution in [0.3, 0.4) is 0 Å². The molecule has 2 rings (SSSR count). The molecule has 0 spiro atoms. The summed E-state index contributed by atoms with van der Waals surface area (Å²) in [7, 11) is 0. The second-order valence-electron chi connectivity index (χ2n) is 4.68. The van der Waals surface area contributed by atoms with Crippen LogP contribution in [-0.2, 0) is 11.3 Å². The number of aryl methyl sites for hydroxylation is 1. The van der Waals surface area contributed by atoms with E-state index < -0.39 is 0 Å². The van der Waals surface area contributed by atoms with Crippen LogP contribution in [0.4, 0.5) is 0 Å². The molecule has 1 aromatic heterocycles. The third kappa shape index (κ3) is 3.51. The average molecular weight is 253 g/mol. The molecular formula is C12H19N3OS. The Bertz CT molecular complexity index is 383. The highest BCUT2D eigenvalue weighted by atomic mass is 32.1. The van der Waals surface area contributed by atoms with E-state index in [9.17, 15) is 4.79 Å². The lowest BCUT2D eigenvalue weighted by Crippen LogP contribution is -2.36. The van der Waals surface area contributed by atoms with Gasteiger partial charge in [0.05, 0.1) is 5.01 Å². The van der Waals surface area contributed by atoms with Crippen molar-refractivity contribution in [2.24, 2.45) is 11.7 Å². The Morgan fingerprint density at radius 3 is 2.76 bits per heavy atom. The summed E-state index contributed by atoms with van der Waals surface area (Å²) in [6.45, 7) is 2.91. The van der Waals surface area contributed by atoms with Crippen LogP contribution >= 0.6 is 11.3 Å². The molecule has 1 fully saturated rings. The number of nitrogens with two attached hydrogens (primary N) is 1. The summed E-state index contributed by atoms with van der Waals surface area (Å²) in [5.74, 6) is -0.0415. The average Bonchev–Trinajstić information content (AvgIpc) is 2.73. The lowest BCUT2D eigenvalue weighted by molar-refractivity contribution is -0.122. The van der Waals surface area contributed by atoms with Crippen molar-refractivity contribution in [3.63, 3.8) is 0 Å². The molecule has 17 heavy (non-hydrogen) atoms. The van der Waals surface area contributed by atoms with E-state index >= 15 is 0 Å². The van der Waals surface area contributed by atoms with Crippen molar-refractivity contribution in [3.8, 4) is 0 Å². The van der Waals surface area contributed by atoms with E-state index in [4.69, 9.17) is 5.73 Å². The van der Waals surface area contributed by atoms with Crippen LogP contribution in [-0.4, -0.2) is 16.9 Å². The second kappa shape index (κ2) is 5.60. The minimum absolute atomic E-state index is 0.0960. The smallest absolute Gasteiger partial charge is 0.220 e. The fourth-order valence-corrected chi connectivity index (χ4v) is 3.06. The van der Waals surface area contributed by atoms with Gasteiger partial charge in [-0.3, -0.25) is 4.79 Å². The Labute approximate surface area is 106 Å². The van der Waals surface area contributed by atoms with E-state index in [0.29, 0.717) is 6.04 Å². The Morgan fingerprint density at radius 1 is 1.53 bits per heavy atom. The summed E-state index contributed by atoms with van der Waals surface area (Å²) in [6, 6.07) is 0.521. The first-order valence-corrected chi connectivity index (χ1v) is 6.91. The first-order chi connectivity index (χ1) is 8.15. The number of amides is 1. The number of primary amides is 1. The summed E-state index contributed by atoms with van der Waals surface area (Å²) >= 11 is 1.73. The molecule has 0 aromatic carbocycles. The van der Waals surface area contributed by atoms with Gasteiger partial charge in [0, 0.05) is 29.6 Å². The Hall–Kier alpha value is -0.940. The van der Waals surface area contributed by atoms with E-state index in [2.05, 4.69) is 10.3 Å². The van der Waals surface area contributed by atoms with Gasteiger partial charge in [-0.25, -0.2) is 4.98 Å². The first-order valence-electron chi connectivity index (χ1n) is 6.09. The zero-order chi connectivity index (χ0) is 12.3. The molecule has 0 atom stereocenters. The number of aromatic nitrogens is 1. The van der Waals surface area contributed by atoms with E-state index in [-0.39, 0.29) is 11.8 Å². The van der Waals surface area contributed by atoms with Crippen molar-refractivity contribution >= 4 is 17.2 Å². The van der Waals surface area contributed by atoms with Crippen molar-refractivity contribution in [2.45, 2.75) is 45.2 Å². The Balaban J connectivity index is 1.73. The van der Waals surface area contributed by atoms with Gasteiger partial charge in [-0.05, 0) is 32.6 Å². The number of hydrogen-bond donors (Lipinski definition) is 2. The number of rotatable bonds is 4. The SMILES string of the molecule is Cc1ncc(CNC2CCC(C(N)=O)CC2)s1. The fourth-order valence-electron chi connectivity index (χ4n) is 2.31. The fraction of sp³-hybridized carbons (Fsp3) is 0.667. The Morgan fingerprint density at radius 2 is 2.24 bits per heavy atom. The summed E-state index contributed by atoms with van der Waals surface area (Å²) in [5, 5.41) is 4.64. The first kappa shape index (κ1) is 12.5. The topological polar surface area (TPSA) is 68.0 Å². The molecule has 5 heteroatoms. The summed E-state index contributed by atoms with van der Waals surface area (Å²) in [6.07, 6.45) is 5.88. The molecule has 4 nitrogen and oxygen atoms in total. The van der Waals surface area contributed by atoms with E-state index in [1.807, 2.05) is 13.1 Å². The largest absolute Gasteiger partial charge is 0.369 e. The van der Waals surface area contributed by atoms with Crippen LogP contribution in [0.2, 0.25) is 0 Å². The predicted molar refractivity (Wildman–Crippen MR) is 68.6 cm³/mol. The van der Waals surface area contributed by atoms with Crippen molar-refractivity contribution in [3.05, 3.63) is 16.1 Å². The molecule has 1 aliphatic rings. The van der Waals surface area contributed by atoms with Crippen LogP contribution in [0, 0.1) is 12.8 Å². The maximum atomic E-state index is 11.0. The number of thiazole rings is 1. The molecule has 0 unspecified atom stereocenters. The van der Waals surface area contributed by atoms with Gasteiger partial charge in [0.2, 0.25) is 5.91 Å². The van der Waals surface area contributed by atoms with Gasteiger partial charge in [-0.15, -0.1) is 11.3 Å². The van der Waals surface area contributed by atoms with Crippen LogP contribution in [0.5, 0.6) is 0 Å². The number of nitrogens with zero attached hydrogens (tertiary/aromatic N) is 1. The van der Waals surface area contributed by atoms with Gasteiger partial charge in [0.25, 0.3) is 0 Å². The molecule has 0 aliphatic heterocycles. The number of carbonyl (C=O) groups excluding carboxylic acids is 1. The van der Waals surface area contributed by atoms with Gasteiger partial charge in [-0.1, -0.05) is 0 Å². The van der Waals surface area contributed by atoms with Crippen molar-refractivity contribution in [1.29, 1.82) is 0 Å². The number of nitrogens with one attached hydrogen (secondary N) is 1. The minimum Gasteiger partial charge on any atom is -0.369 e. The predicted octanol–water partition coefficient (Wildman–Crippen LogP) is 1.59. The van der Waals surface area contributed by atoms with Gasteiger partial charge >= 0.3 is 0 Å². The number of hydrogen-bond acceptors (Lipinski definition) is 4. The molecule has 0 radical (unpaired) electrons. The van der Waals surface area contributed by atoms with Crippen LogP contribution in [0.1, 0.15) is 35.6 Å². The molecule has 1 heterocycles. The molecule has 1 amide bonds. The number of carbonyl (C=O) groups is 1. The van der Waals surface area contributed by atoms with Crippen molar-refractivity contribution in [1.82, 2.24) is 10.3 Å². The molecular weight excluding hydrogens is 234 g/mol. The monoisotopic (exact) mass is 253 g/mol. The summed E-state index contributed by atoms with van der Waals surface area (Å²) in [4.78, 5) is 16.5. The highest BCUT2D eigenvalue weighted by Gasteiger charge is 2.24. The van der Waals surface area contributed by atoms with Crippen LogP contribution in [0.15, 0.2) is 6.20 Å². The van der Waals surface area contributed by atoms with Gasteiger partial charge < -0.3 is 11.1 Å². The third-order valence-electron chi connectivity index (χ3n) is 3.36. The minimum atomic E-state index is -0.137. The quantitative estimate of drug-likeness (QED) is 0.856. The zero-order valence-corrected chi connectivity index (χ0v) is 10.9. The third-order valence-corrected chi connectivity index (χ3v) is 4.28. The normalized spacial score (nSPS) is 24.8. The summed E-state index contributed by atoms with van der Waals surface area (Å²) < 4.78 is 0. The molecule has 1 saturated carbocycles. The van der Waals surface area contributed by atoms with Crippen molar-refractivity contribution in [2.75, 3.05) is 0 Å². The maximum absolute atomic E-state index is 11.0. The standard InChI is InChI=1S/C12H19N3OS/c1-8-14-6-11(17-8)7-15-10-4-2-9(3-5-10)12(13)16/h6,9-10,15H,2-5,7H2,1H3,(H2,13,16). The molecule has 1 aromatic rings. The molecule has 0 bridgehead atoms. The lowest BCUT2D eigenvalue weighted by atomic mass is 9.85. The van der Waals surface area contributed by atoms with E-state index in [1.54, 1.807) is 11.3 Å². The van der Waals surface area contributed by atoms with Gasteiger partial charge in [0.1, 0.15) is 0 Å². The van der Waals surface area contributed by atoms with Crippen molar-refractivity contribution < 1.29 is 4.79 Å². The zero-order valence-electron chi connectivity index (χ0n) is 10.1. The van der Waals surface area contributed by atoms with Crippen LogP contribution < -0.4 is 11.1 Å². The highest BCUT2D eigenvalue weighted by Crippen LogP contribution is 2.24. The van der Waals surface area contributed by atoms with E-state index in [0.717, 1.165) is 37.2 Å². The molecule has 94 valence electrons. The lowest BCUT2D eigenvalue weighted by Gasteiger charge is -2.27. The molecule has 1 aliphatic carbocycles. The molecule has 3 N–H and O–H groups in total. The highest BCUT2D eigenvalue weighted by molar-refractivity contribution is 7.11.